The Bertz CT molecular complexity index is 1310. The zero-order valence-corrected chi connectivity index (χ0v) is 17.7. The predicted octanol–water partition coefficient (Wildman–Crippen LogP) is 3.94. The molecule has 3 aliphatic carbocycles. The number of nitrogens with zero attached hydrogens (tertiary/aromatic N) is 1. The molecule has 5 nitrogen and oxygen atoms in total. The lowest BCUT2D eigenvalue weighted by atomic mass is 9.47. The van der Waals surface area contributed by atoms with Crippen LogP contribution in [0.2, 0.25) is 0 Å². The van der Waals surface area contributed by atoms with E-state index in [9.17, 15) is 19.5 Å². The van der Waals surface area contributed by atoms with Crippen molar-refractivity contribution in [1.82, 2.24) is 0 Å². The third-order valence-electron chi connectivity index (χ3n) is 7.56. The Morgan fingerprint density at radius 2 is 1.47 bits per heavy atom. The van der Waals surface area contributed by atoms with E-state index in [4.69, 9.17) is 0 Å². The summed E-state index contributed by atoms with van der Waals surface area (Å²) in [5, 5.41) is 10.7. The first kappa shape index (κ1) is 19.0. The number of benzene rings is 3. The van der Waals surface area contributed by atoms with E-state index >= 15 is 0 Å². The number of carboxylic acid groups (broad SMARTS) is 1. The molecular weight excluding hydrogens is 402 g/mol. The normalized spacial score (nSPS) is 27.2. The minimum Gasteiger partial charge on any atom is -0.480 e. The number of aliphatic carboxylic acids is 1. The van der Waals surface area contributed by atoms with Crippen molar-refractivity contribution in [2.45, 2.75) is 25.2 Å². The van der Waals surface area contributed by atoms with Gasteiger partial charge < -0.3 is 5.11 Å². The number of rotatable bonds is 2. The van der Waals surface area contributed by atoms with Gasteiger partial charge in [0.1, 0.15) is 5.41 Å². The van der Waals surface area contributed by atoms with Crippen LogP contribution in [-0.4, -0.2) is 22.9 Å². The van der Waals surface area contributed by atoms with Crippen LogP contribution in [-0.2, 0) is 19.8 Å². The van der Waals surface area contributed by atoms with E-state index < -0.39 is 29.1 Å². The number of anilines is 1. The van der Waals surface area contributed by atoms with Gasteiger partial charge in [-0.1, -0.05) is 60.7 Å². The van der Waals surface area contributed by atoms with E-state index in [0.717, 1.165) is 22.3 Å². The van der Waals surface area contributed by atoms with E-state index in [1.807, 2.05) is 68.4 Å². The maximum absolute atomic E-state index is 14.0. The molecule has 158 valence electrons. The maximum atomic E-state index is 14.0. The molecule has 0 radical (unpaired) electrons. The van der Waals surface area contributed by atoms with Gasteiger partial charge in [-0.05, 0) is 53.3 Å². The number of carboxylic acids is 1. The lowest BCUT2D eigenvalue weighted by Gasteiger charge is -2.51. The molecule has 7 rings (SSSR count). The summed E-state index contributed by atoms with van der Waals surface area (Å²) in [5.74, 6) is -3.90. The van der Waals surface area contributed by atoms with E-state index in [-0.39, 0.29) is 11.8 Å². The number of carbonyl (C=O) groups excluding carboxylic acids is 2. The SMILES string of the molecule is Cc1ccc(C)c(N2C(=O)C3C4c5ccccc5C(C(=O)O)(c5ccccc54)C3C2=O)c1. The van der Waals surface area contributed by atoms with Gasteiger partial charge >= 0.3 is 5.97 Å². The van der Waals surface area contributed by atoms with Crippen molar-refractivity contribution in [2.24, 2.45) is 11.8 Å². The third-order valence-corrected chi connectivity index (χ3v) is 7.56. The number of aryl methyl sites for hydroxylation is 2. The highest BCUT2D eigenvalue weighted by atomic mass is 16.4. The molecule has 0 saturated carbocycles. The van der Waals surface area contributed by atoms with Crippen LogP contribution in [0.15, 0.2) is 66.7 Å². The van der Waals surface area contributed by atoms with Crippen molar-refractivity contribution < 1.29 is 19.5 Å². The molecule has 2 amide bonds. The third kappa shape index (κ3) is 2.01. The second kappa shape index (κ2) is 6.16. The Kier molecular flexibility index (Phi) is 3.66. The fourth-order valence-corrected chi connectivity index (χ4v) is 6.33. The number of hydrogen-bond donors (Lipinski definition) is 1. The molecule has 1 fully saturated rings. The van der Waals surface area contributed by atoms with Gasteiger partial charge in [-0.25, -0.2) is 4.90 Å². The summed E-state index contributed by atoms with van der Waals surface area (Å²) in [6.07, 6.45) is 0. The second-order valence-electron chi connectivity index (χ2n) is 9.07. The summed E-state index contributed by atoms with van der Waals surface area (Å²) in [7, 11) is 0. The molecule has 4 aliphatic rings. The van der Waals surface area contributed by atoms with E-state index in [2.05, 4.69) is 0 Å². The van der Waals surface area contributed by atoms with Crippen LogP contribution in [0.25, 0.3) is 0 Å². The number of amides is 2. The minimum absolute atomic E-state index is 0.312. The van der Waals surface area contributed by atoms with E-state index in [1.54, 1.807) is 12.1 Å². The average molecular weight is 423 g/mol. The van der Waals surface area contributed by atoms with Gasteiger partial charge in [0.05, 0.1) is 17.5 Å². The van der Waals surface area contributed by atoms with Crippen molar-refractivity contribution in [1.29, 1.82) is 0 Å². The molecule has 2 unspecified atom stereocenters. The number of carbonyl (C=O) groups is 3. The largest absolute Gasteiger partial charge is 0.480 e. The molecule has 1 aliphatic heterocycles. The molecule has 2 atom stereocenters. The monoisotopic (exact) mass is 423 g/mol. The van der Waals surface area contributed by atoms with Crippen molar-refractivity contribution in [3.63, 3.8) is 0 Å². The molecule has 5 heteroatoms. The molecule has 3 aromatic carbocycles. The van der Waals surface area contributed by atoms with Crippen molar-refractivity contribution in [2.75, 3.05) is 4.90 Å². The molecule has 1 heterocycles. The first-order valence-corrected chi connectivity index (χ1v) is 10.8. The Hall–Kier alpha value is -3.73. The zero-order chi connectivity index (χ0) is 22.4. The fourth-order valence-electron chi connectivity index (χ4n) is 6.33. The summed E-state index contributed by atoms with van der Waals surface area (Å²) in [6.45, 7) is 3.78. The molecule has 0 spiro atoms. The Morgan fingerprint density at radius 3 is 2.06 bits per heavy atom. The smallest absolute Gasteiger partial charge is 0.319 e. The van der Waals surface area contributed by atoms with Gasteiger partial charge in [0.25, 0.3) is 0 Å². The maximum Gasteiger partial charge on any atom is 0.319 e. The Labute approximate surface area is 185 Å². The molecule has 1 N–H and O–H groups in total. The lowest BCUT2D eigenvalue weighted by Crippen LogP contribution is -2.57. The standard InChI is InChI=1S/C27H21NO4/c1-14-11-12-15(2)20(13-14)28-24(29)22-21-16-7-3-5-9-18(16)27(26(31)32,23(22)25(28)30)19-10-6-4-8-17(19)21/h3-13,21-23H,1-2H3,(H,31,32). The van der Waals surface area contributed by atoms with Crippen molar-refractivity contribution in [3.05, 3.63) is 100 Å². The predicted molar refractivity (Wildman–Crippen MR) is 119 cm³/mol. The van der Waals surface area contributed by atoms with Crippen LogP contribution in [0.1, 0.15) is 39.3 Å². The molecule has 3 aromatic rings. The molecular formula is C27H21NO4. The highest BCUT2D eigenvalue weighted by Crippen LogP contribution is 2.64. The minimum atomic E-state index is -1.59. The van der Waals surface area contributed by atoms with Gasteiger partial charge in [0, 0.05) is 5.92 Å². The summed E-state index contributed by atoms with van der Waals surface area (Å²) >= 11 is 0. The Balaban J connectivity index is 1.68. The summed E-state index contributed by atoms with van der Waals surface area (Å²) in [5.41, 5.74) is 3.61. The topological polar surface area (TPSA) is 74.7 Å². The van der Waals surface area contributed by atoms with Gasteiger partial charge in [-0.2, -0.15) is 0 Å². The number of imide groups is 1. The second-order valence-corrected chi connectivity index (χ2v) is 9.07. The van der Waals surface area contributed by atoms with Gasteiger partial charge in [-0.15, -0.1) is 0 Å². The zero-order valence-electron chi connectivity index (χ0n) is 17.7. The molecule has 32 heavy (non-hydrogen) atoms. The van der Waals surface area contributed by atoms with Crippen LogP contribution in [0.5, 0.6) is 0 Å². The quantitative estimate of drug-likeness (QED) is 0.634. The van der Waals surface area contributed by atoms with Gasteiger partial charge in [-0.3, -0.25) is 14.4 Å². The van der Waals surface area contributed by atoms with Crippen molar-refractivity contribution in [3.8, 4) is 0 Å². The summed E-state index contributed by atoms with van der Waals surface area (Å²) in [6, 6.07) is 20.4. The molecule has 0 aromatic heterocycles. The van der Waals surface area contributed by atoms with E-state index in [0.29, 0.717) is 16.8 Å². The molecule has 1 saturated heterocycles. The van der Waals surface area contributed by atoms with Crippen LogP contribution in [0.4, 0.5) is 5.69 Å². The van der Waals surface area contributed by atoms with Crippen LogP contribution in [0, 0.1) is 25.7 Å². The van der Waals surface area contributed by atoms with E-state index in [1.165, 1.54) is 4.90 Å². The van der Waals surface area contributed by atoms with Gasteiger partial charge in [0.15, 0.2) is 0 Å². The Morgan fingerprint density at radius 1 is 0.875 bits per heavy atom. The average Bonchev–Trinajstić information content (AvgIpc) is 3.06. The van der Waals surface area contributed by atoms with Crippen LogP contribution < -0.4 is 4.90 Å². The fraction of sp³-hybridized carbons (Fsp3) is 0.222. The summed E-state index contributed by atoms with van der Waals surface area (Å²) < 4.78 is 0. The highest BCUT2D eigenvalue weighted by molar-refractivity contribution is 6.25. The first-order chi connectivity index (χ1) is 15.4. The highest BCUT2D eigenvalue weighted by Gasteiger charge is 2.71. The van der Waals surface area contributed by atoms with Crippen molar-refractivity contribution >= 4 is 23.5 Å². The number of hydrogen-bond acceptors (Lipinski definition) is 3. The lowest BCUT2D eigenvalue weighted by molar-refractivity contribution is -0.149. The van der Waals surface area contributed by atoms with Crippen LogP contribution in [0.3, 0.4) is 0 Å². The summed E-state index contributed by atoms with van der Waals surface area (Å²) in [4.78, 5) is 42.3. The van der Waals surface area contributed by atoms with Gasteiger partial charge in [0.2, 0.25) is 11.8 Å². The van der Waals surface area contributed by atoms with Crippen LogP contribution >= 0.6 is 0 Å². The molecule has 2 bridgehead atoms. The first-order valence-electron chi connectivity index (χ1n) is 10.8.